The van der Waals surface area contributed by atoms with E-state index in [4.69, 9.17) is 30.5 Å². The van der Waals surface area contributed by atoms with Crippen LogP contribution >= 0.6 is 0 Å². The minimum atomic E-state index is -1.11. The summed E-state index contributed by atoms with van der Waals surface area (Å²) in [5.74, 6) is -1.01. The van der Waals surface area contributed by atoms with E-state index in [0.717, 1.165) is 0 Å². The van der Waals surface area contributed by atoms with Crippen molar-refractivity contribution >= 4 is 54.1 Å². The van der Waals surface area contributed by atoms with Gasteiger partial charge >= 0.3 is 0 Å². The molecule has 9 aromatic carbocycles. The molecule has 1 heteroatoms. The highest BCUT2D eigenvalue weighted by Crippen LogP contribution is 2.51. The van der Waals surface area contributed by atoms with Gasteiger partial charge in [-0.1, -0.05) is 175 Å². The molecule has 0 aliphatic rings. The first kappa shape index (κ1) is 11.1. The largest absolute Gasteiger partial charge is 0.455 e. The minimum absolute atomic E-state index is 0.563. The molecule has 1 aromatic heterocycles. The molecule has 0 unspecified atom stereocenters. The number of hydrogen-bond acceptors (Lipinski definition) is 1. The standard InChI is InChI=1S/C48H30O/c1-3-14-31(15-4-1)38-24-13-25-43-46(47(49-48(38)43)35-28-29-37-34(30-35)27-26-32-16-7-8-19-36(32)37)45-41-22-11-9-20-39(41)44(33-17-5-2-6-18-33)40-21-10-12-23-42(40)45/h1-30H/i1D,2D,3D,4D,5D,6D,7D,8D,9D,10D,11D,12D,13D,14D,15D,16D,17D,18D,19D,20D,21D,22D,23D,24D,25D,26D,27D,28D,29D,30D. The van der Waals surface area contributed by atoms with Crippen LogP contribution in [0.2, 0.25) is 0 Å². The SMILES string of the molecule is [2H]c1c([2H])c([2H])c(-c2c([2H])c([2H])c([2H])c3c(-c4c5c([2H])c([2H])c([2H])c([2H])c5c(-c5c([2H])c([2H])c([2H])c([2H])c5[2H])c5c([2H])c([2H])c([2H])c([2H])c45)c(-c4c([2H])c([2H])c5c(c4[2H])c([2H])c([2H])c4c([2H])c([2H])c([2H])c([2H])c45)oc23)c([2H])c1[2H]. The lowest BCUT2D eigenvalue weighted by atomic mass is 9.84. The van der Waals surface area contributed by atoms with Gasteiger partial charge in [0.15, 0.2) is 0 Å². The number of furan rings is 1. The fraction of sp³-hybridized carbons (Fsp3) is 0. The molecule has 10 aromatic rings. The summed E-state index contributed by atoms with van der Waals surface area (Å²) < 4.78 is 278. The maximum atomic E-state index is 9.89. The zero-order chi connectivity index (χ0) is 58.4. The molecule has 0 spiro atoms. The molecule has 0 atom stereocenters. The average Bonchev–Trinajstić information content (AvgIpc) is 4.09. The Morgan fingerprint density at radius 1 is 0.327 bits per heavy atom. The molecule has 0 fully saturated rings. The molecule has 10 rings (SSSR count). The average molecular weight is 653 g/mol. The summed E-state index contributed by atoms with van der Waals surface area (Å²) >= 11 is 0. The summed E-state index contributed by atoms with van der Waals surface area (Å²) in [5.41, 5.74) is -6.79. The molecule has 0 aliphatic carbocycles. The molecule has 0 amide bonds. The molecular formula is C48H30O. The molecule has 0 saturated heterocycles. The van der Waals surface area contributed by atoms with Crippen LogP contribution in [0.1, 0.15) is 41.1 Å². The Kier molecular flexibility index (Phi) is 2.50. The predicted octanol–water partition coefficient (Wildman–Crippen LogP) is 13.7. The van der Waals surface area contributed by atoms with Gasteiger partial charge in [-0.15, -0.1) is 0 Å². The van der Waals surface area contributed by atoms with Crippen molar-refractivity contribution in [2.75, 3.05) is 0 Å². The van der Waals surface area contributed by atoms with Crippen molar-refractivity contribution in [3.63, 3.8) is 0 Å². The van der Waals surface area contributed by atoms with Crippen molar-refractivity contribution in [1.29, 1.82) is 0 Å². The molecule has 0 N–H and O–H groups in total. The maximum absolute atomic E-state index is 9.89. The van der Waals surface area contributed by atoms with E-state index in [1.807, 2.05) is 0 Å². The Balaban J connectivity index is 1.61. The smallest absolute Gasteiger partial charge is 0.143 e. The van der Waals surface area contributed by atoms with Crippen molar-refractivity contribution in [1.82, 2.24) is 0 Å². The monoisotopic (exact) mass is 652 g/mol. The Bertz CT molecular complexity index is 4460. The highest BCUT2D eigenvalue weighted by Gasteiger charge is 2.25. The lowest BCUT2D eigenvalue weighted by molar-refractivity contribution is 0.633. The number of hydrogen-bond donors (Lipinski definition) is 0. The fourth-order valence-electron chi connectivity index (χ4n) is 5.92. The van der Waals surface area contributed by atoms with Gasteiger partial charge in [0.25, 0.3) is 0 Å². The summed E-state index contributed by atoms with van der Waals surface area (Å²) in [5, 5.41) is -6.58. The van der Waals surface area contributed by atoms with Crippen LogP contribution in [0.4, 0.5) is 0 Å². The lowest BCUT2D eigenvalue weighted by Gasteiger charge is -2.18. The topological polar surface area (TPSA) is 13.1 Å². The zero-order valence-electron chi connectivity index (χ0n) is 54.4. The predicted molar refractivity (Wildman–Crippen MR) is 208 cm³/mol. The molecule has 1 heterocycles. The second kappa shape index (κ2) is 11.1. The highest BCUT2D eigenvalue weighted by atomic mass is 16.3. The van der Waals surface area contributed by atoms with Gasteiger partial charge in [0.1, 0.15) is 11.3 Å². The molecule has 228 valence electrons. The van der Waals surface area contributed by atoms with Crippen molar-refractivity contribution in [3.05, 3.63) is 181 Å². The van der Waals surface area contributed by atoms with Crippen LogP contribution in [0.15, 0.2) is 186 Å². The van der Waals surface area contributed by atoms with E-state index in [0.29, 0.717) is 0 Å². The van der Waals surface area contributed by atoms with Gasteiger partial charge in [-0.25, -0.2) is 0 Å². The maximum Gasteiger partial charge on any atom is 0.143 e. The van der Waals surface area contributed by atoms with Crippen LogP contribution in [0.5, 0.6) is 0 Å². The summed E-state index contributed by atoms with van der Waals surface area (Å²) in [6.07, 6.45) is 0. The third-order valence-electron chi connectivity index (χ3n) is 7.92. The van der Waals surface area contributed by atoms with Crippen LogP contribution in [-0.4, -0.2) is 0 Å². The van der Waals surface area contributed by atoms with Gasteiger partial charge in [0, 0.05) is 27.6 Å². The van der Waals surface area contributed by atoms with Crippen molar-refractivity contribution in [2.24, 2.45) is 0 Å². The Morgan fingerprint density at radius 2 is 0.857 bits per heavy atom. The van der Waals surface area contributed by atoms with E-state index in [9.17, 15) is 15.1 Å². The number of rotatable bonds is 4. The first-order valence-corrected chi connectivity index (χ1v) is 14.4. The molecular weight excluding hydrogens is 593 g/mol. The van der Waals surface area contributed by atoms with Gasteiger partial charge in [-0.3, -0.25) is 0 Å². The number of para-hydroxylation sites is 1. The summed E-state index contributed by atoms with van der Waals surface area (Å²) in [6, 6.07) is -29.8. The Hall–Kier alpha value is -6.44. The Morgan fingerprint density at radius 3 is 1.55 bits per heavy atom. The van der Waals surface area contributed by atoms with Crippen molar-refractivity contribution in [3.8, 4) is 44.7 Å². The van der Waals surface area contributed by atoms with Crippen molar-refractivity contribution in [2.45, 2.75) is 0 Å². The van der Waals surface area contributed by atoms with Crippen molar-refractivity contribution < 1.29 is 45.5 Å². The molecule has 0 aliphatic heterocycles. The molecule has 0 bridgehead atoms. The quantitative estimate of drug-likeness (QED) is 0.136. The first-order chi connectivity index (χ1) is 36.8. The number of benzene rings is 9. The van der Waals surface area contributed by atoms with E-state index in [2.05, 4.69) is 0 Å². The van der Waals surface area contributed by atoms with Crippen LogP contribution in [0, 0.1) is 0 Å². The van der Waals surface area contributed by atoms with Crippen LogP contribution in [0.25, 0.3) is 98.8 Å². The van der Waals surface area contributed by atoms with Gasteiger partial charge in [-0.2, -0.15) is 0 Å². The third-order valence-corrected chi connectivity index (χ3v) is 7.92. The second-order valence-electron chi connectivity index (χ2n) is 10.5. The fourth-order valence-corrected chi connectivity index (χ4v) is 5.92. The van der Waals surface area contributed by atoms with Crippen LogP contribution in [-0.2, 0) is 0 Å². The normalized spacial score (nSPS) is 20.2. The van der Waals surface area contributed by atoms with E-state index in [1.54, 1.807) is 0 Å². The first-order valence-electron chi connectivity index (χ1n) is 29.4. The lowest BCUT2D eigenvalue weighted by Crippen LogP contribution is -1.91. The summed E-state index contributed by atoms with van der Waals surface area (Å²) in [6.45, 7) is 0. The molecule has 1 nitrogen and oxygen atoms in total. The van der Waals surface area contributed by atoms with E-state index < -0.39 is 280 Å². The van der Waals surface area contributed by atoms with Gasteiger partial charge in [-0.05, 0) is 65.8 Å². The minimum Gasteiger partial charge on any atom is -0.455 e. The molecule has 0 saturated carbocycles. The Labute approximate surface area is 326 Å². The second-order valence-corrected chi connectivity index (χ2v) is 10.5. The van der Waals surface area contributed by atoms with Crippen LogP contribution in [0.3, 0.4) is 0 Å². The van der Waals surface area contributed by atoms with E-state index in [-0.39, 0.29) is 0 Å². The molecule has 49 heavy (non-hydrogen) atoms. The summed E-state index contributed by atoms with van der Waals surface area (Å²) in [7, 11) is 0. The highest BCUT2D eigenvalue weighted by molar-refractivity contribution is 6.25. The zero-order valence-corrected chi connectivity index (χ0v) is 24.4. The van der Waals surface area contributed by atoms with Gasteiger partial charge in [0.05, 0.1) is 41.1 Å². The van der Waals surface area contributed by atoms with Gasteiger partial charge in [0.2, 0.25) is 0 Å². The van der Waals surface area contributed by atoms with E-state index >= 15 is 0 Å². The van der Waals surface area contributed by atoms with Gasteiger partial charge < -0.3 is 4.42 Å². The summed E-state index contributed by atoms with van der Waals surface area (Å²) in [4.78, 5) is 0. The third kappa shape index (κ3) is 4.33. The van der Waals surface area contributed by atoms with Crippen LogP contribution < -0.4 is 0 Å². The number of fused-ring (bicyclic) bond motifs is 6. The van der Waals surface area contributed by atoms with E-state index in [1.165, 1.54) is 0 Å². The molecule has 0 radical (unpaired) electrons.